The van der Waals surface area contributed by atoms with Gasteiger partial charge < -0.3 is 9.80 Å². The molecule has 0 aromatic heterocycles. The maximum atomic E-state index is 13.2. The zero-order valence-corrected chi connectivity index (χ0v) is 15.2. The monoisotopic (exact) mass is 338 g/mol. The topological polar surface area (TPSA) is 23.6 Å². The highest BCUT2D eigenvalue weighted by molar-refractivity contribution is 5.91. The van der Waals surface area contributed by atoms with Gasteiger partial charge in [-0.05, 0) is 69.0 Å². The van der Waals surface area contributed by atoms with Crippen LogP contribution in [0.15, 0.2) is 30.3 Å². The molecule has 0 radical (unpaired) electrons. The largest absolute Gasteiger partial charge is 0.334 e. The lowest BCUT2D eigenvalue weighted by Crippen LogP contribution is -2.66. The van der Waals surface area contributed by atoms with Crippen LogP contribution in [0.4, 0.5) is 0 Å². The standard InChI is InChI=1S/C22H30N2O/c25-21-22(11-13-23(14-12-22)15-17-5-4-6-17)20(19-7-2-1-3-8-19)24(21)16-18-9-10-18/h1-3,7-8,17-18,20H,4-6,9-16H2/t20-/m1/s1. The summed E-state index contributed by atoms with van der Waals surface area (Å²) in [5, 5.41) is 0. The van der Waals surface area contributed by atoms with Crippen molar-refractivity contribution in [1.29, 1.82) is 0 Å². The number of benzene rings is 1. The smallest absolute Gasteiger partial charge is 0.231 e. The Morgan fingerprint density at radius 1 is 0.920 bits per heavy atom. The number of nitrogens with zero attached hydrogens (tertiary/aromatic N) is 2. The molecule has 134 valence electrons. The van der Waals surface area contributed by atoms with E-state index in [2.05, 4.69) is 40.1 Å². The van der Waals surface area contributed by atoms with Gasteiger partial charge >= 0.3 is 0 Å². The van der Waals surface area contributed by atoms with Crippen LogP contribution in [-0.2, 0) is 4.79 Å². The van der Waals surface area contributed by atoms with Gasteiger partial charge in [-0.2, -0.15) is 0 Å². The van der Waals surface area contributed by atoms with Crippen molar-refractivity contribution in [2.75, 3.05) is 26.2 Å². The minimum absolute atomic E-state index is 0.105. The molecule has 2 aliphatic carbocycles. The third kappa shape index (κ3) is 2.71. The van der Waals surface area contributed by atoms with E-state index in [0.717, 1.165) is 44.3 Å². The Morgan fingerprint density at radius 2 is 1.60 bits per heavy atom. The first-order valence-electron chi connectivity index (χ1n) is 10.3. The average Bonchev–Trinajstić information content (AvgIpc) is 3.43. The average molecular weight is 338 g/mol. The quantitative estimate of drug-likeness (QED) is 0.761. The van der Waals surface area contributed by atoms with Crippen molar-refractivity contribution in [3.63, 3.8) is 0 Å². The molecule has 1 aromatic carbocycles. The van der Waals surface area contributed by atoms with E-state index in [1.807, 2.05) is 0 Å². The predicted molar refractivity (Wildman–Crippen MR) is 99.1 cm³/mol. The molecule has 25 heavy (non-hydrogen) atoms. The summed E-state index contributed by atoms with van der Waals surface area (Å²) < 4.78 is 0. The maximum Gasteiger partial charge on any atom is 0.231 e. The molecule has 1 amide bonds. The molecule has 0 unspecified atom stereocenters. The third-order valence-electron chi connectivity index (χ3n) is 7.28. The highest BCUT2D eigenvalue weighted by Gasteiger charge is 2.61. The number of amides is 1. The van der Waals surface area contributed by atoms with Crippen molar-refractivity contribution in [3.8, 4) is 0 Å². The second-order valence-electron chi connectivity index (χ2n) is 8.97. The summed E-state index contributed by atoms with van der Waals surface area (Å²) in [7, 11) is 0. The lowest BCUT2D eigenvalue weighted by atomic mass is 9.62. The second-order valence-corrected chi connectivity index (χ2v) is 8.97. The molecule has 3 heteroatoms. The number of β-lactam (4-membered cyclic amide) rings is 1. The van der Waals surface area contributed by atoms with Gasteiger partial charge in [0.1, 0.15) is 0 Å². The molecule has 3 nitrogen and oxygen atoms in total. The summed E-state index contributed by atoms with van der Waals surface area (Å²) >= 11 is 0. The minimum Gasteiger partial charge on any atom is -0.334 e. The molecule has 2 saturated carbocycles. The summed E-state index contributed by atoms with van der Waals surface area (Å²) in [6.07, 6.45) is 9.00. The number of hydrogen-bond donors (Lipinski definition) is 0. The van der Waals surface area contributed by atoms with Crippen LogP contribution >= 0.6 is 0 Å². The number of rotatable bonds is 5. The van der Waals surface area contributed by atoms with Gasteiger partial charge in [0.2, 0.25) is 5.91 Å². The zero-order valence-electron chi connectivity index (χ0n) is 15.2. The molecule has 2 heterocycles. The van der Waals surface area contributed by atoms with Crippen LogP contribution in [0.5, 0.6) is 0 Å². The van der Waals surface area contributed by atoms with Crippen molar-refractivity contribution in [1.82, 2.24) is 9.80 Å². The fraction of sp³-hybridized carbons (Fsp3) is 0.682. The number of likely N-dealkylation sites (tertiary alicyclic amines) is 2. The predicted octanol–water partition coefficient (Wildman–Crippen LogP) is 3.86. The van der Waals surface area contributed by atoms with Gasteiger partial charge in [-0.25, -0.2) is 0 Å². The molecule has 5 rings (SSSR count). The van der Waals surface area contributed by atoms with Crippen molar-refractivity contribution in [2.24, 2.45) is 17.3 Å². The number of hydrogen-bond acceptors (Lipinski definition) is 2. The lowest BCUT2D eigenvalue weighted by Gasteiger charge is -2.59. The Morgan fingerprint density at radius 3 is 2.20 bits per heavy atom. The minimum atomic E-state index is -0.105. The van der Waals surface area contributed by atoms with E-state index < -0.39 is 0 Å². The Kier molecular flexibility index (Phi) is 3.89. The van der Waals surface area contributed by atoms with Crippen molar-refractivity contribution < 1.29 is 4.79 Å². The molecule has 1 spiro atoms. The fourth-order valence-corrected chi connectivity index (χ4v) is 5.32. The zero-order chi connectivity index (χ0) is 16.9. The molecule has 2 aliphatic heterocycles. The Bertz CT molecular complexity index is 627. The lowest BCUT2D eigenvalue weighted by molar-refractivity contribution is -0.181. The summed E-state index contributed by atoms with van der Waals surface area (Å²) in [4.78, 5) is 18.0. The summed E-state index contributed by atoms with van der Waals surface area (Å²) in [5.74, 6) is 2.16. The summed E-state index contributed by atoms with van der Waals surface area (Å²) in [6, 6.07) is 11.1. The first kappa shape index (κ1) is 15.9. The summed E-state index contributed by atoms with van der Waals surface area (Å²) in [6.45, 7) is 4.49. The van der Waals surface area contributed by atoms with E-state index in [0.29, 0.717) is 11.9 Å². The van der Waals surface area contributed by atoms with Crippen molar-refractivity contribution in [3.05, 3.63) is 35.9 Å². The van der Waals surface area contributed by atoms with Crippen LogP contribution in [0.1, 0.15) is 56.6 Å². The molecule has 0 N–H and O–H groups in total. The van der Waals surface area contributed by atoms with Gasteiger partial charge in [0.15, 0.2) is 0 Å². The van der Waals surface area contributed by atoms with Gasteiger partial charge in [0.25, 0.3) is 0 Å². The van der Waals surface area contributed by atoms with E-state index in [1.54, 1.807) is 0 Å². The number of piperidine rings is 1. The van der Waals surface area contributed by atoms with Crippen LogP contribution in [0, 0.1) is 17.3 Å². The highest BCUT2D eigenvalue weighted by atomic mass is 16.2. The van der Waals surface area contributed by atoms with Gasteiger partial charge in [-0.1, -0.05) is 36.8 Å². The second kappa shape index (κ2) is 6.12. The third-order valence-corrected chi connectivity index (χ3v) is 7.28. The van der Waals surface area contributed by atoms with Crippen LogP contribution in [0.2, 0.25) is 0 Å². The fourth-order valence-electron chi connectivity index (χ4n) is 5.32. The molecule has 2 saturated heterocycles. The SMILES string of the molecule is O=C1N(CC2CC2)[C@H](c2ccccc2)C12CCN(CC1CCC1)CC2. The van der Waals surface area contributed by atoms with E-state index in [1.165, 1.54) is 44.2 Å². The Labute approximate surface area is 151 Å². The van der Waals surface area contributed by atoms with E-state index in [9.17, 15) is 4.79 Å². The van der Waals surface area contributed by atoms with Crippen LogP contribution < -0.4 is 0 Å². The molecule has 4 fully saturated rings. The summed E-state index contributed by atoms with van der Waals surface area (Å²) in [5.41, 5.74) is 1.25. The van der Waals surface area contributed by atoms with Gasteiger partial charge in [0, 0.05) is 13.1 Å². The molecule has 0 bridgehead atoms. The first-order valence-corrected chi connectivity index (χ1v) is 10.3. The number of carbonyl (C=O) groups is 1. The van der Waals surface area contributed by atoms with E-state index in [4.69, 9.17) is 0 Å². The molecule has 1 aromatic rings. The normalized spacial score (nSPS) is 29.5. The van der Waals surface area contributed by atoms with Gasteiger partial charge in [-0.3, -0.25) is 4.79 Å². The highest BCUT2D eigenvalue weighted by Crippen LogP contribution is 2.57. The van der Waals surface area contributed by atoms with Gasteiger partial charge in [-0.15, -0.1) is 0 Å². The van der Waals surface area contributed by atoms with Crippen LogP contribution in [0.25, 0.3) is 0 Å². The van der Waals surface area contributed by atoms with E-state index >= 15 is 0 Å². The molecule has 1 atom stereocenters. The molecular formula is C22H30N2O. The van der Waals surface area contributed by atoms with Crippen LogP contribution in [-0.4, -0.2) is 41.9 Å². The van der Waals surface area contributed by atoms with Gasteiger partial charge in [0.05, 0.1) is 11.5 Å². The van der Waals surface area contributed by atoms with Crippen molar-refractivity contribution in [2.45, 2.75) is 51.0 Å². The molecule has 4 aliphatic rings. The Balaban J connectivity index is 1.33. The maximum absolute atomic E-state index is 13.2. The Hall–Kier alpha value is -1.35. The van der Waals surface area contributed by atoms with Crippen molar-refractivity contribution >= 4 is 5.91 Å². The first-order chi connectivity index (χ1) is 12.3. The van der Waals surface area contributed by atoms with Crippen LogP contribution in [0.3, 0.4) is 0 Å². The number of carbonyl (C=O) groups excluding carboxylic acids is 1. The van der Waals surface area contributed by atoms with E-state index in [-0.39, 0.29) is 5.41 Å². The molecular weight excluding hydrogens is 308 g/mol.